The minimum atomic E-state index is -0.229. The highest BCUT2D eigenvalue weighted by molar-refractivity contribution is 7.99. The Labute approximate surface area is 203 Å². The van der Waals surface area contributed by atoms with Crippen molar-refractivity contribution >= 4 is 69.5 Å². The number of amides is 1. The largest absolute Gasteiger partial charge is 0.324 e. The van der Waals surface area contributed by atoms with Gasteiger partial charge in [-0.05, 0) is 43.4 Å². The fourth-order valence-corrected chi connectivity index (χ4v) is 5.97. The Hall–Kier alpha value is -1.51. The summed E-state index contributed by atoms with van der Waals surface area (Å²) >= 11 is 21.2. The minimum Gasteiger partial charge on any atom is -0.324 e. The Morgan fingerprint density at radius 2 is 1.97 bits per heavy atom. The summed E-state index contributed by atoms with van der Waals surface area (Å²) in [6.45, 7) is 4.43. The van der Waals surface area contributed by atoms with E-state index in [1.807, 2.05) is 10.6 Å². The smallest absolute Gasteiger partial charge is 0.234 e. The van der Waals surface area contributed by atoms with Crippen LogP contribution in [0.25, 0.3) is 11.4 Å². The molecule has 1 amide bonds. The van der Waals surface area contributed by atoms with E-state index in [9.17, 15) is 4.79 Å². The summed E-state index contributed by atoms with van der Waals surface area (Å²) in [4.78, 5) is 13.9. The maximum Gasteiger partial charge on any atom is 0.234 e. The number of aryl methyl sites for hydroxylation is 1. The zero-order chi connectivity index (χ0) is 22.0. The molecule has 1 aliphatic rings. The molecule has 162 valence electrons. The first-order valence-corrected chi connectivity index (χ1v) is 12.7. The van der Waals surface area contributed by atoms with E-state index in [0.29, 0.717) is 32.5 Å². The van der Waals surface area contributed by atoms with Crippen LogP contribution < -0.4 is 5.32 Å². The monoisotopic (exact) mass is 512 g/mol. The second-order valence-electron chi connectivity index (χ2n) is 7.05. The van der Waals surface area contributed by atoms with Crippen molar-refractivity contribution in [3.05, 3.63) is 55.7 Å². The number of hydrogen-bond donors (Lipinski definition) is 1. The van der Waals surface area contributed by atoms with E-state index in [1.54, 1.807) is 11.3 Å². The van der Waals surface area contributed by atoms with Crippen molar-refractivity contribution in [3.63, 3.8) is 0 Å². The van der Waals surface area contributed by atoms with Gasteiger partial charge in [-0.1, -0.05) is 52.6 Å². The molecule has 0 unspecified atom stereocenters. The van der Waals surface area contributed by atoms with Crippen molar-refractivity contribution in [2.75, 3.05) is 11.1 Å². The van der Waals surface area contributed by atoms with Gasteiger partial charge in [0.1, 0.15) is 0 Å². The van der Waals surface area contributed by atoms with Crippen molar-refractivity contribution in [2.45, 2.75) is 37.4 Å². The SMILES string of the molecule is C=CCn1c(SCC(=O)Nc2cc(Cl)c(Cl)cc2Cl)nnc1-c1csc2c1CCCC2. The van der Waals surface area contributed by atoms with Gasteiger partial charge in [0, 0.05) is 22.4 Å². The highest BCUT2D eigenvalue weighted by atomic mass is 35.5. The lowest BCUT2D eigenvalue weighted by Crippen LogP contribution is -2.15. The Morgan fingerprint density at radius 1 is 1.19 bits per heavy atom. The van der Waals surface area contributed by atoms with Gasteiger partial charge in [-0.25, -0.2) is 0 Å². The van der Waals surface area contributed by atoms with Crippen molar-refractivity contribution in [1.82, 2.24) is 14.8 Å². The second-order valence-corrected chi connectivity index (χ2v) is 10.2. The molecule has 3 aromatic rings. The van der Waals surface area contributed by atoms with Crippen LogP contribution in [0.2, 0.25) is 15.1 Å². The molecule has 0 aliphatic heterocycles. The maximum atomic E-state index is 12.5. The molecule has 0 atom stereocenters. The first-order chi connectivity index (χ1) is 15.0. The molecule has 2 aromatic heterocycles. The van der Waals surface area contributed by atoms with Crippen LogP contribution in [0.15, 0.2) is 35.3 Å². The maximum absolute atomic E-state index is 12.5. The average molecular weight is 514 g/mol. The average Bonchev–Trinajstić information content (AvgIpc) is 3.34. The second kappa shape index (κ2) is 9.96. The summed E-state index contributed by atoms with van der Waals surface area (Å²) in [6.07, 6.45) is 6.46. The Morgan fingerprint density at radius 3 is 2.77 bits per heavy atom. The van der Waals surface area contributed by atoms with E-state index in [0.717, 1.165) is 24.2 Å². The third kappa shape index (κ3) is 4.96. The van der Waals surface area contributed by atoms with E-state index < -0.39 is 0 Å². The molecular weight excluding hydrogens is 495 g/mol. The van der Waals surface area contributed by atoms with Crippen LogP contribution in [0.5, 0.6) is 0 Å². The van der Waals surface area contributed by atoms with Crippen LogP contribution in [-0.2, 0) is 24.2 Å². The number of thioether (sulfide) groups is 1. The number of benzene rings is 1. The Bertz CT molecular complexity index is 1140. The number of anilines is 1. The molecule has 1 aromatic carbocycles. The minimum absolute atomic E-state index is 0.146. The number of hydrogen-bond acceptors (Lipinski definition) is 5. The normalized spacial score (nSPS) is 13.1. The summed E-state index contributed by atoms with van der Waals surface area (Å²) in [7, 11) is 0. The Kier molecular flexibility index (Phi) is 7.29. The van der Waals surface area contributed by atoms with Crippen LogP contribution in [-0.4, -0.2) is 26.4 Å². The fraction of sp³-hybridized carbons (Fsp3) is 0.286. The van der Waals surface area contributed by atoms with E-state index in [2.05, 4.69) is 27.5 Å². The number of nitrogens with one attached hydrogen (secondary N) is 1. The molecule has 31 heavy (non-hydrogen) atoms. The number of fused-ring (bicyclic) bond motifs is 1. The number of halogens is 3. The summed E-state index contributed by atoms with van der Waals surface area (Å²) in [6, 6.07) is 3.04. The molecule has 0 bridgehead atoms. The van der Waals surface area contributed by atoms with Gasteiger partial charge in [-0.2, -0.15) is 0 Å². The molecule has 0 saturated carbocycles. The summed E-state index contributed by atoms with van der Waals surface area (Å²) in [5.41, 5.74) is 2.95. The molecule has 10 heteroatoms. The van der Waals surface area contributed by atoms with Crippen LogP contribution >= 0.6 is 57.9 Å². The van der Waals surface area contributed by atoms with Crippen LogP contribution in [0.4, 0.5) is 5.69 Å². The third-order valence-electron chi connectivity index (χ3n) is 4.95. The fourth-order valence-electron chi connectivity index (χ4n) is 3.50. The van der Waals surface area contributed by atoms with E-state index in [4.69, 9.17) is 34.8 Å². The van der Waals surface area contributed by atoms with Crippen molar-refractivity contribution in [2.24, 2.45) is 0 Å². The van der Waals surface area contributed by atoms with E-state index in [-0.39, 0.29) is 11.7 Å². The number of allylic oxidation sites excluding steroid dienone is 1. The van der Waals surface area contributed by atoms with Gasteiger partial charge in [-0.15, -0.1) is 28.1 Å². The number of nitrogens with zero attached hydrogens (tertiary/aromatic N) is 3. The van der Waals surface area contributed by atoms with E-state index in [1.165, 1.54) is 47.2 Å². The summed E-state index contributed by atoms with van der Waals surface area (Å²) < 4.78 is 2.01. The first-order valence-electron chi connectivity index (χ1n) is 9.68. The number of aromatic nitrogens is 3. The molecule has 0 radical (unpaired) electrons. The summed E-state index contributed by atoms with van der Waals surface area (Å²) in [5.74, 6) is 0.746. The first kappa shape index (κ1) is 22.7. The zero-order valence-corrected chi connectivity index (χ0v) is 20.4. The zero-order valence-electron chi connectivity index (χ0n) is 16.5. The quantitative estimate of drug-likeness (QED) is 0.215. The molecular formula is C21H19Cl3N4OS2. The van der Waals surface area contributed by atoms with Gasteiger partial charge < -0.3 is 5.32 Å². The molecule has 4 rings (SSSR count). The predicted octanol–water partition coefficient (Wildman–Crippen LogP) is 6.76. The highest BCUT2D eigenvalue weighted by Crippen LogP contribution is 2.37. The molecule has 1 aliphatic carbocycles. The van der Waals surface area contributed by atoms with Gasteiger partial charge in [0.05, 0.1) is 26.5 Å². The lowest BCUT2D eigenvalue weighted by atomic mass is 9.95. The Balaban J connectivity index is 1.50. The molecule has 1 N–H and O–H groups in total. The molecule has 0 spiro atoms. The van der Waals surface area contributed by atoms with Gasteiger partial charge in [0.25, 0.3) is 0 Å². The van der Waals surface area contributed by atoms with Gasteiger partial charge in [0.2, 0.25) is 5.91 Å². The predicted molar refractivity (Wildman–Crippen MR) is 131 cm³/mol. The van der Waals surface area contributed by atoms with Crippen molar-refractivity contribution in [3.8, 4) is 11.4 Å². The molecule has 5 nitrogen and oxygen atoms in total. The third-order valence-corrected chi connectivity index (χ3v) is 8.04. The van der Waals surface area contributed by atoms with Crippen LogP contribution in [0.3, 0.4) is 0 Å². The van der Waals surface area contributed by atoms with Gasteiger partial charge in [-0.3, -0.25) is 9.36 Å². The molecule has 0 fully saturated rings. The lowest BCUT2D eigenvalue weighted by Gasteiger charge is -2.13. The van der Waals surface area contributed by atoms with Gasteiger partial charge >= 0.3 is 0 Å². The molecule has 0 saturated heterocycles. The topological polar surface area (TPSA) is 59.8 Å². The molecule has 2 heterocycles. The summed E-state index contributed by atoms with van der Waals surface area (Å²) in [5, 5.41) is 15.4. The number of carbonyl (C=O) groups excluding carboxylic acids is 1. The number of thiophene rings is 1. The number of rotatable bonds is 7. The number of carbonyl (C=O) groups is 1. The highest BCUT2D eigenvalue weighted by Gasteiger charge is 2.22. The van der Waals surface area contributed by atoms with Crippen molar-refractivity contribution < 1.29 is 4.79 Å². The van der Waals surface area contributed by atoms with Gasteiger partial charge in [0.15, 0.2) is 11.0 Å². The standard InChI is InChI=1S/C21H19Cl3N4OS2/c1-2-7-28-20(13-10-30-18-6-4-3-5-12(13)18)26-27-21(28)31-11-19(29)25-17-9-15(23)14(22)8-16(17)24/h2,8-10H,1,3-7,11H2,(H,25,29). The van der Waals surface area contributed by atoms with Crippen LogP contribution in [0, 0.1) is 0 Å². The lowest BCUT2D eigenvalue weighted by molar-refractivity contribution is -0.113. The van der Waals surface area contributed by atoms with Crippen LogP contribution in [0.1, 0.15) is 23.3 Å². The van der Waals surface area contributed by atoms with E-state index >= 15 is 0 Å². The van der Waals surface area contributed by atoms with Crippen molar-refractivity contribution in [1.29, 1.82) is 0 Å².